The third-order valence-electron chi connectivity index (χ3n) is 2.12. The standard InChI is InChI=1S/C14H20O/c1-6-11-8-9-12(7-2)13(10-11)15-14(3,4)5/h6,8-10H,1,7H2,2-5H3. The fraction of sp³-hybridized carbons (Fsp3) is 0.429. The van der Waals surface area contributed by atoms with Gasteiger partial charge in [0, 0.05) is 0 Å². The van der Waals surface area contributed by atoms with Crippen LogP contribution in [-0.4, -0.2) is 5.60 Å². The number of benzene rings is 1. The number of hydrogen-bond acceptors (Lipinski definition) is 1. The zero-order chi connectivity index (χ0) is 11.5. The summed E-state index contributed by atoms with van der Waals surface area (Å²) < 4.78 is 5.92. The summed E-state index contributed by atoms with van der Waals surface area (Å²) in [6.45, 7) is 12.1. The molecule has 1 aromatic rings. The van der Waals surface area contributed by atoms with Crippen LogP contribution in [0.25, 0.3) is 6.08 Å². The Hall–Kier alpha value is -1.24. The molecule has 0 fully saturated rings. The summed E-state index contributed by atoms with van der Waals surface area (Å²) in [5.41, 5.74) is 2.20. The molecule has 0 unspecified atom stereocenters. The fourth-order valence-electron chi connectivity index (χ4n) is 1.42. The second kappa shape index (κ2) is 4.52. The highest BCUT2D eigenvalue weighted by molar-refractivity contribution is 5.52. The summed E-state index contributed by atoms with van der Waals surface area (Å²) in [7, 11) is 0. The van der Waals surface area contributed by atoms with Gasteiger partial charge in [-0.05, 0) is 44.4 Å². The van der Waals surface area contributed by atoms with Crippen molar-refractivity contribution >= 4 is 6.08 Å². The van der Waals surface area contributed by atoms with E-state index in [1.165, 1.54) is 5.56 Å². The zero-order valence-corrected chi connectivity index (χ0v) is 10.1. The molecular formula is C14H20O. The predicted molar refractivity (Wildman–Crippen MR) is 66.3 cm³/mol. The normalized spacial score (nSPS) is 11.2. The van der Waals surface area contributed by atoms with E-state index < -0.39 is 0 Å². The summed E-state index contributed by atoms with van der Waals surface area (Å²) in [6, 6.07) is 6.23. The van der Waals surface area contributed by atoms with Gasteiger partial charge in [0.15, 0.2) is 0 Å². The average molecular weight is 204 g/mol. The first kappa shape index (κ1) is 11.8. The highest BCUT2D eigenvalue weighted by atomic mass is 16.5. The molecule has 15 heavy (non-hydrogen) atoms. The van der Waals surface area contributed by atoms with E-state index in [-0.39, 0.29) is 5.60 Å². The molecule has 0 heterocycles. The molecule has 0 spiro atoms. The highest BCUT2D eigenvalue weighted by Gasteiger charge is 2.14. The van der Waals surface area contributed by atoms with Gasteiger partial charge in [-0.15, -0.1) is 0 Å². The van der Waals surface area contributed by atoms with Gasteiger partial charge in [0.2, 0.25) is 0 Å². The monoisotopic (exact) mass is 204 g/mol. The summed E-state index contributed by atoms with van der Waals surface area (Å²) in [4.78, 5) is 0. The van der Waals surface area contributed by atoms with Crippen molar-refractivity contribution in [2.75, 3.05) is 0 Å². The average Bonchev–Trinajstić information content (AvgIpc) is 2.15. The summed E-state index contributed by atoms with van der Waals surface area (Å²) in [5.74, 6) is 0.974. The second-order valence-corrected chi connectivity index (χ2v) is 4.64. The lowest BCUT2D eigenvalue weighted by atomic mass is 10.1. The Morgan fingerprint density at radius 1 is 1.33 bits per heavy atom. The van der Waals surface area contributed by atoms with Gasteiger partial charge in [-0.1, -0.05) is 31.7 Å². The van der Waals surface area contributed by atoms with Gasteiger partial charge >= 0.3 is 0 Å². The molecule has 0 radical (unpaired) electrons. The molecular weight excluding hydrogens is 184 g/mol. The van der Waals surface area contributed by atoms with E-state index in [0.717, 1.165) is 17.7 Å². The van der Waals surface area contributed by atoms with Crippen molar-refractivity contribution in [1.29, 1.82) is 0 Å². The van der Waals surface area contributed by atoms with E-state index in [1.807, 2.05) is 6.08 Å². The molecule has 0 saturated heterocycles. The van der Waals surface area contributed by atoms with Crippen molar-refractivity contribution in [2.24, 2.45) is 0 Å². The predicted octanol–water partition coefficient (Wildman–Crippen LogP) is 4.07. The summed E-state index contributed by atoms with van der Waals surface area (Å²) in [6.07, 6.45) is 2.83. The van der Waals surface area contributed by atoms with Gasteiger partial charge in [-0.3, -0.25) is 0 Å². The van der Waals surface area contributed by atoms with Crippen LogP contribution in [0.15, 0.2) is 24.8 Å². The van der Waals surface area contributed by atoms with Crippen molar-refractivity contribution < 1.29 is 4.74 Å². The topological polar surface area (TPSA) is 9.23 Å². The first-order valence-electron chi connectivity index (χ1n) is 5.40. The first-order chi connectivity index (χ1) is 6.96. The molecule has 0 aliphatic heterocycles. The number of rotatable bonds is 3. The van der Waals surface area contributed by atoms with Crippen molar-refractivity contribution in [1.82, 2.24) is 0 Å². The lowest BCUT2D eigenvalue weighted by molar-refractivity contribution is 0.129. The molecule has 1 nitrogen and oxygen atoms in total. The van der Waals surface area contributed by atoms with Crippen molar-refractivity contribution in [3.05, 3.63) is 35.9 Å². The number of ether oxygens (including phenoxy) is 1. The largest absolute Gasteiger partial charge is 0.488 e. The van der Waals surface area contributed by atoms with Gasteiger partial charge in [-0.25, -0.2) is 0 Å². The minimum Gasteiger partial charge on any atom is -0.488 e. The van der Waals surface area contributed by atoms with Crippen LogP contribution < -0.4 is 4.74 Å². The Bertz CT molecular complexity index is 345. The maximum atomic E-state index is 5.92. The van der Waals surface area contributed by atoms with Crippen molar-refractivity contribution in [2.45, 2.75) is 39.7 Å². The van der Waals surface area contributed by atoms with E-state index in [0.29, 0.717) is 0 Å². The van der Waals surface area contributed by atoms with Crippen LogP contribution in [-0.2, 0) is 6.42 Å². The maximum Gasteiger partial charge on any atom is 0.123 e. The van der Waals surface area contributed by atoms with Gasteiger partial charge < -0.3 is 4.74 Å². The van der Waals surface area contributed by atoms with Crippen molar-refractivity contribution in [3.63, 3.8) is 0 Å². The van der Waals surface area contributed by atoms with Crippen LogP contribution in [0.1, 0.15) is 38.8 Å². The summed E-state index contributed by atoms with van der Waals surface area (Å²) >= 11 is 0. The van der Waals surface area contributed by atoms with E-state index in [2.05, 4.69) is 52.5 Å². The fourth-order valence-corrected chi connectivity index (χ4v) is 1.42. The summed E-state index contributed by atoms with van der Waals surface area (Å²) in [5, 5.41) is 0. The first-order valence-corrected chi connectivity index (χ1v) is 5.40. The molecule has 0 aromatic heterocycles. The molecule has 1 rings (SSSR count). The SMILES string of the molecule is C=Cc1ccc(CC)c(OC(C)(C)C)c1. The molecule has 0 aliphatic carbocycles. The van der Waals surface area contributed by atoms with Gasteiger partial charge in [0.1, 0.15) is 11.4 Å². The number of aryl methyl sites for hydroxylation is 1. The van der Waals surface area contributed by atoms with E-state index in [9.17, 15) is 0 Å². The molecule has 1 aromatic carbocycles. The maximum absolute atomic E-state index is 5.92. The lowest BCUT2D eigenvalue weighted by Gasteiger charge is -2.23. The molecule has 0 N–H and O–H groups in total. The van der Waals surface area contributed by atoms with Crippen LogP contribution in [0.4, 0.5) is 0 Å². The molecule has 82 valence electrons. The van der Waals surface area contributed by atoms with E-state index in [1.54, 1.807) is 0 Å². The van der Waals surface area contributed by atoms with Crippen LogP contribution in [0.5, 0.6) is 5.75 Å². The second-order valence-electron chi connectivity index (χ2n) is 4.64. The molecule has 0 saturated carbocycles. The van der Waals surface area contributed by atoms with Crippen LogP contribution >= 0.6 is 0 Å². The number of hydrogen-bond donors (Lipinski definition) is 0. The van der Waals surface area contributed by atoms with Crippen molar-refractivity contribution in [3.8, 4) is 5.75 Å². The quantitative estimate of drug-likeness (QED) is 0.721. The Morgan fingerprint density at radius 2 is 2.00 bits per heavy atom. The van der Waals surface area contributed by atoms with Crippen LogP contribution in [0.3, 0.4) is 0 Å². The third-order valence-corrected chi connectivity index (χ3v) is 2.12. The Balaban J connectivity index is 3.06. The Labute approximate surface area is 92.8 Å². The highest BCUT2D eigenvalue weighted by Crippen LogP contribution is 2.25. The van der Waals surface area contributed by atoms with Crippen LogP contribution in [0, 0.1) is 0 Å². The Morgan fingerprint density at radius 3 is 2.47 bits per heavy atom. The molecule has 0 aliphatic rings. The molecule has 0 atom stereocenters. The molecule has 0 amide bonds. The van der Waals surface area contributed by atoms with Gasteiger partial charge in [0.25, 0.3) is 0 Å². The van der Waals surface area contributed by atoms with Gasteiger partial charge in [0.05, 0.1) is 0 Å². The van der Waals surface area contributed by atoms with Gasteiger partial charge in [-0.2, -0.15) is 0 Å². The van der Waals surface area contributed by atoms with E-state index in [4.69, 9.17) is 4.74 Å². The molecule has 1 heteroatoms. The smallest absolute Gasteiger partial charge is 0.123 e. The lowest BCUT2D eigenvalue weighted by Crippen LogP contribution is -2.23. The minimum atomic E-state index is -0.149. The zero-order valence-electron chi connectivity index (χ0n) is 10.1. The minimum absolute atomic E-state index is 0.149. The third kappa shape index (κ3) is 3.43. The molecule has 0 bridgehead atoms. The van der Waals surface area contributed by atoms with Crippen LogP contribution in [0.2, 0.25) is 0 Å². The van der Waals surface area contributed by atoms with E-state index >= 15 is 0 Å². The Kier molecular flexibility index (Phi) is 3.57.